The van der Waals surface area contributed by atoms with Gasteiger partial charge in [0.05, 0.1) is 4.90 Å². The molecule has 1 aliphatic rings. The number of piperidine rings is 1. The maximum atomic E-state index is 13.3. The van der Waals surface area contributed by atoms with E-state index in [-0.39, 0.29) is 10.5 Å². The van der Waals surface area contributed by atoms with Crippen molar-refractivity contribution in [1.82, 2.24) is 4.31 Å². The van der Waals surface area contributed by atoms with E-state index in [9.17, 15) is 17.6 Å². The number of aryl methyl sites for hydroxylation is 1. The van der Waals surface area contributed by atoms with Gasteiger partial charge in [0.1, 0.15) is 5.82 Å². The molecule has 0 aromatic heterocycles. The lowest BCUT2D eigenvalue weighted by atomic mass is 10.1. The van der Waals surface area contributed by atoms with Crippen LogP contribution in [0.2, 0.25) is 0 Å². The molecule has 1 heterocycles. The first-order chi connectivity index (χ1) is 12.4. The van der Waals surface area contributed by atoms with Gasteiger partial charge in [0.25, 0.3) is 5.91 Å². The predicted octanol–water partition coefficient (Wildman–Crippen LogP) is 3.56. The molecule has 7 heteroatoms. The van der Waals surface area contributed by atoms with Gasteiger partial charge in [-0.2, -0.15) is 4.31 Å². The average Bonchev–Trinajstić information content (AvgIpc) is 2.64. The van der Waals surface area contributed by atoms with E-state index in [1.807, 2.05) is 0 Å². The molecule has 1 N–H and O–H groups in total. The number of hydrogen-bond donors (Lipinski definition) is 1. The summed E-state index contributed by atoms with van der Waals surface area (Å²) in [4.78, 5) is 12.5. The lowest BCUT2D eigenvalue weighted by Gasteiger charge is -2.26. The Bertz CT molecular complexity index is 922. The second-order valence-corrected chi connectivity index (χ2v) is 8.34. The van der Waals surface area contributed by atoms with E-state index in [0.29, 0.717) is 18.8 Å². The Balaban J connectivity index is 1.87. The normalized spacial score (nSPS) is 15.6. The number of carbonyl (C=O) groups is 1. The van der Waals surface area contributed by atoms with Crippen molar-refractivity contribution >= 4 is 21.6 Å². The molecule has 2 aromatic rings. The van der Waals surface area contributed by atoms with Crippen LogP contribution in [0.3, 0.4) is 0 Å². The largest absolute Gasteiger partial charge is 0.322 e. The molecule has 0 spiro atoms. The SMILES string of the molecule is Cc1ccc(S(=O)(=O)N2CCCCC2)cc1NC(=O)c1cccc(F)c1. The smallest absolute Gasteiger partial charge is 0.255 e. The van der Waals surface area contributed by atoms with Crippen LogP contribution in [-0.4, -0.2) is 31.7 Å². The summed E-state index contributed by atoms with van der Waals surface area (Å²) in [6.07, 6.45) is 2.75. The predicted molar refractivity (Wildman–Crippen MR) is 98.1 cm³/mol. The first-order valence-corrected chi connectivity index (χ1v) is 10.00. The highest BCUT2D eigenvalue weighted by Gasteiger charge is 2.26. The van der Waals surface area contributed by atoms with Crippen molar-refractivity contribution in [2.75, 3.05) is 18.4 Å². The minimum absolute atomic E-state index is 0.152. The van der Waals surface area contributed by atoms with E-state index in [1.54, 1.807) is 19.1 Å². The highest BCUT2D eigenvalue weighted by Crippen LogP contribution is 2.25. The summed E-state index contributed by atoms with van der Waals surface area (Å²) in [5, 5.41) is 2.68. The molecule has 0 bridgehead atoms. The second kappa shape index (κ2) is 7.55. The number of halogens is 1. The molecule has 1 fully saturated rings. The molecule has 1 aliphatic heterocycles. The molecule has 26 heavy (non-hydrogen) atoms. The van der Waals surface area contributed by atoms with Gasteiger partial charge in [0.2, 0.25) is 10.0 Å². The quantitative estimate of drug-likeness (QED) is 0.887. The molecule has 138 valence electrons. The fourth-order valence-corrected chi connectivity index (χ4v) is 4.52. The van der Waals surface area contributed by atoms with Crippen molar-refractivity contribution in [3.05, 3.63) is 59.4 Å². The van der Waals surface area contributed by atoms with Crippen molar-refractivity contribution in [1.29, 1.82) is 0 Å². The maximum Gasteiger partial charge on any atom is 0.255 e. The van der Waals surface area contributed by atoms with Gasteiger partial charge in [-0.25, -0.2) is 12.8 Å². The van der Waals surface area contributed by atoms with Gasteiger partial charge in [-0.15, -0.1) is 0 Å². The Hall–Kier alpha value is -2.25. The minimum Gasteiger partial charge on any atom is -0.322 e. The fraction of sp³-hybridized carbons (Fsp3) is 0.316. The van der Waals surface area contributed by atoms with Gasteiger partial charge in [0.15, 0.2) is 0 Å². The molecule has 0 aliphatic carbocycles. The summed E-state index contributed by atoms with van der Waals surface area (Å²) < 4.78 is 40.4. The zero-order valence-corrected chi connectivity index (χ0v) is 15.4. The van der Waals surface area contributed by atoms with Crippen molar-refractivity contribution in [2.24, 2.45) is 0 Å². The molecule has 0 radical (unpaired) electrons. The summed E-state index contributed by atoms with van der Waals surface area (Å²) >= 11 is 0. The third kappa shape index (κ3) is 3.94. The number of rotatable bonds is 4. The highest BCUT2D eigenvalue weighted by atomic mass is 32.2. The number of nitrogens with zero attached hydrogens (tertiary/aromatic N) is 1. The maximum absolute atomic E-state index is 13.3. The summed E-state index contributed by atoms with van der Waals surface area (Å²) in [6, 6.07) is 10.0. The first-order valence-electron chi connectivity index (χ1n) is 8.55. The molecule has 5 nitrogen and oxygen atoms in total. The molecule has 1 amide bonds. The molecule has 0 saturated carbocycles. The van der Waals surface area contributed by atoms with E-state index in [2.05, 4.69) is 5.32 Å². The van der Waals surface area contributed by atoms with Crippen LogP contribution in [0.5, 0.6) is 0 Å². The molecular formula is C19H21FN2O3S. The lowest BCUT2D eigenvalue weighted by molar-refractivity contribution is 0.102. The lowest BCUT2D eigenvalue weighted by Crippen LogP contribution is -2.35. The van der Waals surface area contributed by atoms with E-state index >= 15 is 0 Å². The Morgan fingerprint density at radius 3 is 2.50 bits per heavy atom. The standard InChI is InChI=1S/C19H21FN2O3S/c1-14-8-9-17(26(24,25)22-10-3-2-4-11-22)13-18(14)21-19(23)15-6-5-7-16(20)12-15/h5-9,12-13H,2-4,10-11H2,1H3,(H,21,23). The van der Waals surface area contributed by atoms with Crippen LogP contribution in [0.15, 0.2) is 47.4 Å². The summed E-state index contributed by atoms with van der Waals surface area (Å²) in [5.74, 6) is -0.990. The second-order valence-electron chi connectivity index (χ2n) is 6.41. The summed E-state index contributed by atoms with van der Waals surface area (Å²) in [5.41, 5.74) is 1.30. The van der Waals surface area contributed by atoms with E-state index < -0.39 is 21.7 Å². The van der Waals surface area contributed by atoms with Crippen LogP contribution < -0.4 is 5.32 Å². The fourth-order valence-electron chi connectivity index (χ4n) is 2.97. The van der Waals surface area contributed by atoms with Crippen LogP contribution in [-0.2, 0) is 10.0 Å². The third-order valence-electron chi connectivity index (χ3n) is 4.50. The average molecular weight is 376 g/mol. The van der Waals surface area contributed by atoms with Gasteiger partial charge in [0, 0.05) is 24.3 Å². The Morgan fingerprint density at radius 2 is 1.81 bits per heavy atom. The topological polar surface area (TPSA) is 66.5 Å². The van der Waals surface area contributed by atoms with E-state index in [1.165, 1.54) is 28.6 Å². The zero-order chi connectivity index (χ0) is 18.7. The molecule has 0 atom stereocenters. The monoisotopic (exact) mass is 376 g/mol. The number of hydrogen-bond acceptors (Lipinski definition) is 3. The van der Waals surface area contributed by atoms with Crippen molar-refractivity contribution in [2.45, 2.75) is 31.1 Å². The van der Waals surface area contributed by atoms with Crippen molar-refractivity contribution in [3.8, 4) is 0 Å². The van der Waals surface area contributed by atoms with Gasteiger partial charge < -0.3 is 5.32 Å². The van der Waals surface area contributed by atoms with Crippen LogP contribution in [0.1, 0.15) is 35.2 Å². The van der Waals surface area contributed by atoms with Crippen LogP contribution in [0.25, 0.3) is 0 Å². The van der Waals surface area contributed by atoms with E-state index in [4.69, 9.17) is 0 Å². The van der Waals surface area contributed by atoms with E-state index in [0.717, 1.165) is 30.9 Å². The highest BCUT2D eigenvalue weighted by molar-refractivity contribution is 7.89. The number of anilines is 1. The van der Waals surface area contributed by atoms with Crippen molar-refractivity contribution in [3.63, 3.8) is 0 Å². The van der Waals surface area contributed by atoms with Gasteiger partial charge in [-0.1, -0.05) is 18.6 Å². The first kappa shape index (κ1) is 18.5. The van der Waals surface area contributed by atoms with Gasteiger partial charge >= 0.3 is 0 Å². The molecule has 2 aromatic carbocycles. The van der Waals surface area contributed by atoms with Crippen molar-refractivity contribution < 1.29 is 17.6 Å². The van der Waals surface area contributed by atoms with Gasteiger partial charge in [-0.3, -0.25) is 4.79 Å². The Labute approximate surface area is 152 Å². The molecule has 1 saturated heterocycles. The minimum atomic E-state index is -3.59. The van der Waals surface area contributed by atoms with Crippen LogP contribution in [0, 0.1) is 12.7 Å². The van der Waals surface area contributed by atoms with Crippen LogP contribution in [0.4, 0.5) is 10.1 Å². The summed E-state index contributed by atoms with van der Waals surface area (Å²) in [7, 11) is -3.59. The molecular weight excluding hydrogens is 355 g/mol. The number of benzene rings is 2. The third-order valence-corrected chi connectivity index (χ3v) is 6.39. The number of sulfonamides is 1. The zero-order valence-electron chi connectivity index (χ0n) is 14.5. The number of amides is 1. The summed E-state index contributed by atoms with van der Waals surface area (Å²) in [6.45, 7) is 2.81. The number of nitrogens with one attached hydrogen (secondary N) is 1. The van der Waals surface area contributed by atoms with Gasteiger partial charge in [-0.05, 0) is 55.7 Å². The Kier molecular flexibility index (Phi) is 5.38. The molecule has 0 unspecified atom stereocenters. The van der Waals surface area contributed by atoms with Crippen LogP contribution >= 0.6 is 0 Å². The Morgan fingerprint density at radius 1 is 1.08 bits per heavy atom. The molecule has 3 rings (SSSR count). The number of carbonyl (C=O) groups excluding carboxylic acids is 1.